The van der Waals surface area contributed by atoms with Gasteiger partial charge in [-0.1, -0.05) is 32.0 Å². The number of para-hydroxylation sites is 1. The molecule has 35 heavy (non-hydrogen) atoms. The highest BCUT2D eigenvalue weighted by Gasteiger charge is 2.59. The zero-order chi connectivity index (χ0) is 24.2. The molecule has 3 heteroatoms. The number of anilines is 1. The number of amides is 1. The minimum absolute atomic E-state index is 0.0459. The molecule has 0 spiro atoms. The molecule has 1 heterocycles. The molecule has 1 aliphatic heterocycles. The number of aliphatic hydroxyl groups is 1. The van der Waals surface area contributed by atoms with E-state index in [1.807, 2.05) is 0 Å². The molecule has 6 rings (SSSR count). The Kier molecular flexibility index (Phi) is 6.31. The van der Waals surface area contributed by atoms with Crippen molar-refractivity contribution in [1.29, 1.82) is 0 Å². The number of nitrogens with zero attached hydrogens (tertiary/aromatic N) is 1. The van der Waals surface area contributed by atoms with E-state index in [0.29, 0.717) is 23.2 Å². The molecular formula is C32H47NO2. The van der Waals surface area contributed by atoms with Gasteiger partial charge in [0.2, 0.25) is 5.91 Å². The van der Waals surface area contributed by atoms with Gasteiger partial charge in [0.1, 0.15) is 0 Å². The normalized spacial score (nSPS) is 42.5. The van der Waals surface area contributed by atoms with E-state index < -0.39 is 0 Å². The second-order valence-corrected chi connectivity index (χ2v) is 13.6. The van der Waals surface area contributed by atoms with E-state index in [4.69, 9.17) is 0 Å². The summed E-state index contributed by atoms with van der Waals surface area (Å²) in [5.41, 5.74) is 3.46. The molecule has 6 unspecified atom stereocenters. The highest BCUT2D eigenvalue weighted by molar-refractivity contribution is 5.94. The maximum Gasteiger partial charge on any atom is 0.226 e. The van der Waals surface area contributed by atoms with E-state index in [1.54, 1.807) is 0 Å². The molecule has 4 aliphatic carbocycles. The molecule has 0 saturated heterocycles. The summed E-state index contributed by atoms with van der Waals surface area (Å²) in [6.45, 7) is 6.12. The molecule has 4 saturated carbocycles. The van der Waals surface area contributed by atoms with Gasteiger partial charge in [0.25, 0.3) is 0 Å². The number of fused-ring (bicyclic) bond motifs is 6. The number of hydrogen-bond donors (Lipinski definition) is 1. The van der Waals surface area contributed by atoms with E-state index in [-0.39, 0.29) is 6.10 Å². The van der Waals surface area contributed by atoms with Crippen LogP contribution in [0.3, 0.4) is 0 Å². The summed E-state index contributed by atoms with van der Waals surface area (Å²) >= 11 is 0. The minimum Gasteiger partial charge on any atom is -0.393 e. The van der Waals surface area contributed by atoms with Gasteiger partial charge < -0.3 is 10.0 Å². The summed E-state index contributed by atoms with van der Waals surface area (Å²) in [6.07, 6.45) is 16.8. The largest absolute Gasteiger partial charge is 0.393 e. The fourth-order valence-electron chi connectivity index (χ4n) is 10.2. The predicted molar refractivity (Wildman–Crippen MR) is 142 cm³/mol. The monoisotopic (exact) mass is 477 g/mol. The van der Waals surface area contributed by atoms with Crippen molar-refractivity contribution in [3.05, 3.63) is 29.8 Å². The van der Waals surface area contributed by atoms with Crippen LogP contribution in [0.15, 0.2) is 24.3 Å². The van der Waals surface area contributed by atoms with Gasteiger partial charge in [-0.3, -0.25) is 4.79 Å². The van der Waals surface area contributed by atoms with Gasteiger partial charge in [-0.15, -0.1) is 0 Å². The van der Waals surface area contributed by atoms with Crippen LogP contribution in [-0.2, 0) is 11.2 Å². The Morgan fingerprint density at radius 2 is 1.80 bits per heavy atom. The van der Waals surface area contributed by atoms with E-state index in [9.17, 15) is 9.90 Å². The van der Waals surface area contributed by atoms with Crippen molar-refractivity contribution in [2.45, 2.75) is 110 Å². The van der Waals surface area contributed by atoms with Crippen molar-refractivity contribution < 1.29 is 9.90 Å². The molecule has 1 amide bonds. The minimum atomic E-state index is -0.0459. The van der Waals surface area contributed by atoms with E-state index in [2.05, 4.69) is 43.0 Å². The SMILES string of the molecule is CC12CC[C@@H](O)CC1CCC1C2CCC2(C)C1CC[C@@H]2CCCC(=O)N1CCCc2ccccc21. The van der Waals surface area contributed by atoms with Gasteiger partial charge in [-0.2, -0.15) is 0 Å². The van der Waals surface area contributed by atoms with Crippen LogP contribution in [0, 0.1) is 40.4 Å². The van der Waals surface area contributed by atoms with Crippen LogP contribution in [0.25, 0.3) is 0 Å². The number of rotatable bonds is 4. The van der Waals surface area contributed by atoms with Crippen molar-refractivity contribution in [2.24, 2.45) is 40.4 Å². The Labute approximate surface area is 213 Å². The molecular weight excluding hydrogens is 430 g/mol. The van der Waals surface area contributed by atoms with Gasteiger partial charge in [0, 0.05) is 18.7 Å². The molecule has 1 aromatic carbocycles. The third-order valence-corrected chi connectivity index (χ3v) is 12.2. The van der Waals surface area contributed by atoms with Gasteiger partial charge in [0.15, 0.2) is 0 Å². The number of carbonyl (C=O) groups excluding carboxylic acids is 1. The molecule has 8 atom stereocenters. The van der Waals surface area contributed by atoms with E-state index in [0.717, 1.165) is 73.9 Å². The lowest BCUT2D eigenvalue weighted by molar-refractivity contribution is -0.127. The number of hydrogen-bond acceptors (Lipinski definition) is 2. The highest BCUT2D eigenvalue weighted by Crippen LogP contribution is 2.67. The Balaban J connectivity index is 1.08. The smallest absolute Gasteiger partial charge is 0.226 e. The zero-order valence-electron chi connectivity index (χ0n) is 22.2. The number of aliphatic hydroxyl groups excluding tert-OH is 1. The molecule has 192 valence electrons. The van der Waals surface area contributed by atoms with Gasteiger partial charge in [-0.05, 0) is 136 Å². The third kappa shape index (κ3) is 3.99. The van der Waals surface area contributed by atoms with Crippen LogP contribution >= 0.6 is 0 Å². The standard InChI is InChI=1S/C32H47NO2/c1-31-19-17-28-26(14-12-24-21-25(34)16-18-32(24,28)2)27(31)15-13-23(31)9-5-11-30(35)33-20-6-8-22-7-3-4-10-29(22)33/h3-4,7,10,23-28,34H,5-6,8-9,11-21H2,1-2H3/t23-,24?,25+,26?,27?,28?,31?,32?/m0/s1. The molecule has 0 bridgehead atoms. The van der Waals surface area contributed by atoms with Crippen LogP contribution in [0.5, 0.6) is 0 Å². The third-order valence-electron chi connectivity index (χ3n) is 12.2. The summed E-state index contributed by atoms with van der Waals surface area (Å²) in [7, 11) is 0. The van der Waals surface area contributed by atoms with E-state index >= 15 is 0 Å². The lowest BCUT2D eigenvalue weighted by atomic mass is 9.44. The fourth-order valence-corrected chi connectivity index (χ4v) is 10.2. The summed E-state index contributed by atoms with van der Waals surface area (Å²) < 4.78 is 0. The molecule has 4 fully saturated rings. The van der Waals surface area contributed by atoms with Crippen molar-refractivity contribution in [3.63, 3.8) is 0 Å². The maximum atomic E-state index is 13.2. The molecule has 0 aromatic heterocycles. The van der Waals surface area contributed by atoms with Gasteiger partial charge in [0.05, 0.1) is 6.10 Å². The highest BCUT2D eigenvalue weighted by atomic mass is 16.3. The van der Waals surface area contributed by atoms with Crippen LogP contribution in [0.1, 0.15) is 103 Å². The second-order valence-electron chi connectivity index (χ2n) is 13.6. The zero-order valence-corrected chi connectivity index (χ0v) is 22.2. The Morgan fingerprint density at radius 3 is 2.69 bits per heavy atom. The Hall–Kier alpha value is -1.35. The first-order chi connectivity index (χ1) is 16.9. The first-order valence-corrected chi connectivity index (χ1v) is 15.0. The number of aryl methyl sites for hydroxylation is 1. The quantitative estimate of drug-likeness (QED) is 0.500. The van der Waals surface area contributed by atoms with Crippen molar-refractivity contribution in [2.75, 3.05) is 11.4 Å². The molecule has 1 aromatic rings. The fraction of sp³-hybridized carbons (Fsp3) is 0.781. The average Bonchev–Trinajstić information content (AvgIpc) is 3.20. The second kappa shape index (κ2) is 9.19. The van der Waals surface area contributed by atoms with Crippen LogP contribution in [0.4, 0.5) is 5.69 Å². The lowest BCUT2D eigenvalue weighted by Crippen LogP contribution is -2.53. The van der Waals surface area contributed by atoms with E-state index in [1.165, 1.54) is 56.9 Å². The van der Waals surface area contributed by atoms with Crippen molar-refractivity contribution in [3.8, 4) is 0 Å². The predicted octanol–water partition coefficient (Wildman–Crippen LogP) is 7.16. The maximum absolute atomic E-state index is 13.2. The first-order valence-electron chi connectivity index (χ1n) is 15.0. The molecule has 0 radical (unpaired) electrons. The topological polar surface area (TPSA) is 40.5 Å². The van der Waals surface area contributed by atoms with Crippen LogP contribution in [-0.4, -0.2) is 23.7 Å². The number of carbonyl (C=O) groups is 1. The van der Waals surface area contributed by atoms with Crippen molar-refractivity contribution in [1.82, 2.24) is 0 Å². The summed E-state index contributed by atoms with van der Waals surface area (Å²) in [6, 6.07) is 8.50. The summed E-state index contributed by atoms with van der Waals surface area (Å²) in [4.78, 5) is 15.3. The van der Waals surface area contributed by atoms with Crippen molar-refractivity contribution >= 4 is 11.6 Å². The van der Waals surface area contributed by atoms with Gasteiger partial charge >= 0.3 is 0 Å². The summed E-state index contributed by atoms with van der Waals surface area (Å²) in [5.74, 6) is 4.56. The lowest BCUT2D eigenvalue weighted by Gasteiger charge is -2.61. The Morgan fingerprint density at radius 1 is 1.00 bits per heavy atom. The van der Waals surface area contributed by atoms with Crippen LogP contribution < -0.4 is 4.90 Å². The van der Waals surface area contributed by atoms with Crippen LogP contribution in [0.2, 0.25) is 0 Å². The average molecular weight is 478 g/mol. The summed E-state index contributed by atoms with van der Waals surface area (Å²) in [5, 5.41) is 10.3. The molecule has 1 N–H and O–H groups in total. The molecule has 3 nitrogen and oxygen atoms in total. The first kappa shape index (κ1) is 24.0. The molecule has 5 aliphatic rings. The Bertz CT molecular complexity index is 943. The number of benzene rings is 1. The van der Waals surface area contributed by atoms with Gasteiger partial charge in [-0.25, -0.2) is 0 Å².